The van der Waals surface area contributed by atoms with Gasteiger partial charge in [0, 0.05) is 21.0 Å². The fourth-order valence-electron chi connectivity index (χ4n) is 6.43. The van der Waals surface area contributed by atoms with Crippen LogP contribution >= 0.6 is 27.5 Å². The molecule has 45 heavy (non-hydrogen) atoms. The molecular weight excluding hydrogens is 656 g/mol. The van der Waals surface area contributed by atoms with Crippen molar-refractivity contribution >= 4 is 67.7 Å². The zero-order valence-corrected chi connectivity index (χ0v) is 27.7. The topological polar surface area (TPSA) is 93.6 Å². The van der Waals surface area contributed by atoms with Crippen molar-refractivity contribution in [2.24, 2.45) is 17.8 Å². The number of hydrogen-bond acceptors (Lipinski definition) is 6. The number of fused-ring (bicyclic) bond motifs is 2. The van der Waals surface area contributed by atoms with Gasteiger partial charge in [-0.25, -0.2) is 9.78 Å². The summed E-state index contributed by atoms with van der Waals surface area (Å²) in [7, 11) is 0. The number of esters is 1. The number of aromatic nitrogens is 1. The molecule has 2 amide bonds. The van der Waals surface area contributed by atoms with Crippen molar-refractivity contribution in [3.05, 3.63) is 92.4 Å². The maximum Gasteiger partial charge on any atom is 0.339 e. The first-order valence-electron chi connectivity index (χ1n) is 15.0. The van der Waals surface area contributed by atoms with Crippen LogP contribution in [0.25, 0.3) is 22.2 Å². The number of benzene rings is 3. The van der Waals surface area contributed by atoms with E-state index in [9.17, 15) is 19.2 Å². The molecule has 0 N–H and O–H groups in total. The van der Waals surface area contributed by atoms with Crippen LogP contribution in [0.2, 0.25) is 5.02 Å². The summed E-state index contributed by atoms with van der Waals surface area (Å²) < 4.78 is 6.31. The Hall–Kier alpha value is -3.88. The first kappa shape index (κ1) is 31.1. The van der Waals surface area contributed by atoms with Gasteiger partial charge in [0.2, 0.25) is 17.6 Å². The van der Waals surface area contributed by atoms with Crippen LogP contribution in [0.15, 0.2) is 65.1 Å². The molecule has 7 nitrogen and oxygen atoms in total. The predicted molar refractivity (Wildman–Crippen MR) is 178 cm³/mol. The molecule has 230 valence electrons. The number of carbonyl (C=O) groups is 4. The summed E-state index contributed by atoms with van der Waals surface area (Å²) in [5.74, 6) is -1.34. The SMILES string of the molecule is Cc1ccc(C(=O)C(C)OC(=O)c2cc(-c3ccc(N4C(=O)C5CCC(C)CC5C4=O)cc3)nc3c(C)c(Cl)c(Br)cc23)cc1. The largest absolute Gasteiger partial charge is 0.451 e. The number of halogens is 2. The van der Waals surface area contributed by atoms with E-state index in [0.717, 1.165) is 24.8 Å². The lowest BCUT2D eigenvalue weighted by Gasteiger charge is -2.25. The monoisotopic (exact) mass is 686 g/mol. The van der Waals surface area contributed by atoms with E-state index in [-0.39, 0.29) is 35.0 Å². The molecule has 1 saturated carbocycles. The fourth-order valence-corrected chi connectivity index (χ4v) is 7.10. The number of anilines is 1. The number of amides is 2. The van der Waals surface area contributed by atoms with Gasteiger partial charge in [-0.15, -0.1) is 0 Å². The van der Waals surface area contributed by atoms with Crippen molar-refractivity contribution in [1.82, 2.24) is 4.98 Å². The van der Waals surface area contributed by atoms with Crippen LogP contribution < -0.4 is 4.90 Å². The van der Waals surface area contributed by atoms with Crippen molar-refractivity contribution < 1.29 is 23.9 Å². The highest BCUT2D eigenvalue weighted by molar-refractivity contribution is 9.10. The summed E-state index contributed by atoms with van der Waals surface area (Å²) in [5.41, 5.74) is 4.54. The highest BCUT2D eigenvalue weighted by Gasteiger charge is 2.50. The molecule has 2 fully saturated rings. The molecule has 3 aromatic carbocycles. The summed E-state index contributed by atoms with van der Waals surface area (Å²) in [6.45, 7) is 7.43. The van der Waals surface area contributed by atoms with Crippen molar-refractivity contribution in [3.63, 3.8) is 0 Å². The smallest absolute Gasteiger partial charge is 0.339 e. The number of carbonyl (C=O) groups excluding carboxylic acids is 4. The minimum absolute atomic E-state index is 0.136. The minimum atomic E-state index is -1.02. The summed E-state index contributed by atoms with van der Waals surface area (Å²) >= 11 is 10.0. The van der Waals surface area contributed by atoms with Crippen molar-refractivity contribution in [1.29, 1.82) is 0 Å². The number of rotatable bonds is 6. The van der Waals surface area contributed by atoms with Crippen molar-refractivity contribution in [2.75, 3.05) is 4.90 Å². The molecule has 0 spiro atoms. The number of ketones is 1. The predicted octanol–water partition coefficient (Wildman–Crippen LogP) is 8.29. The van der Waals surface area contributed by atoms with E-state index in [1.165, 1.54) is 4.90 Å². The Bertz CT molecular complexity index is 1870. The normalized spacial score (nSPS) is 20.3. The Labute approximate surface area is 275 Å². The molecule has 9 heteroatoms. The second kappa shape index (κ2) is 12.1. The molecule has 0 bridgehead atoms. The Morgan fingerprint density at radius 3 is 2.33 bits per heavy atom. The number of pyridine rings is 1. The molecule has 2 aliphatic rings. The van der Waals surface area contributed by atoms with Gasteiger partial charge >= 0.3 is 5.97 Å². The third-order valence-electron chi connectivity index (χ3n) is 9.04. The quantitative estimate of drug-likeness (QED) is 0.115. The molecule has 4 atom stereocenters. The molecule has 1 aliphatic heterocycles. The average Bonchev–Trinajstić information content (AvgIpc) is 3.27. The van der Waals surface area contributed by atoms with Crippen LogP contribution in [0.1, 0.15) is 65.0 Å². The second-order valence-electron chi connectivity index (χ2n) is 12.2. The molecule has 2 heterocycles. The zero-order valence-electron chi connectivity index (χ0n) is 25.4. The van der Waals surface area contributed by atoms with Gasteiger partial charge in [0.15, 0.2) is 6.10 Å². The van der Waals surface area contributed by atoms with E-state index in [4.69, 9.17) is 21.3 Å². The van der Waals surface area contributed by atoms with E-state index < -0.39 is 12.1 Å². The maximum atomic E-state index is 13.7. The van der Waals surface area contributed by atoms with E-state index in [1.807, 2.05) is 26.0 Å². The van der Waals surface area contributed by atoms with Gasteiger partial charge in [-0.1, -0.05) is 60.5 Å². The summed E-state index contributed by atoms with van der Waals surface area (Å²) in [6, 6.07) is 17.5. The third-order valence-corrected chi connectivity index (χ3v) is 10.4. The van der Waals surface area contributed by atoms with Gasteiger partial charge in [-0.2, -0.15) is 0 Å². The molecule has 1 aliphatic carbocycles. The van der Waals surface area contributed by atoms with Gasteiger partial charge in [-0.3, -0.25) is 19.3 Å². The Kier molecular flexibility index (Phi) is 8.39. The lowest BCUT2D eigenvalue weighted by Crippen LogP contribution is -2.30. The lowest BCUT2D eigenvalue weighted by atomic mass is 9.76. The molecule has 0 radical (unpaired) electrons. The highest BCUT2D eigenvalue weighted by atomic mass is 79.9. The third kappa shape index (κ3) is 5.70. The van der Waals surface area contributed by atoms with Crippen LogP contribution in [-0.4, -0.2) is 34.7 Å². The van der Waals surface area contributed by atoms with Gasteiger partial charge in [-0.05, 0) is 91.7 Å². The summed E-state index contributed by atoms with van der Waals surface area (Å²) in [4.78, 5) is 59.4. The summed E-state index contributed by atoms with van der Waals surface area (Å²) in [5, 5.41) is 0.987. The van der Waals surface area contributed by atoms with E-state index >= 15 is 0 Å². The molecule has 1 saturated heterocycles. The molecular formula is C36H32BrClN2O5. The van der Waals surface area contributed by atoms with Crippen molar-refractivity contribution in [3.8, 4) is 11.3 Å². The van der Waals surface area contributed by atoms with E-state index in [0.29, 0.717) is 54.4 Å². The highest BCUT2D eigenvalue weighted by Crippen LogP contribution is 2.42. The molecule has 6 rings (SSSR count). The van der Waals surface area contributed by atoms with E-state index in [2.05, 4.69) is 22.9 Å². The standard InChI is InChI=1S/C36H32BrClN2O5/c1-18-5-8-23(9-6-18)33(41)21(4)45-36(44)28-17-30(39-32-20(3)31(38)29(37)16-26(28)32)22-10-12-24(13-11-22)40-34(42)25-14-7-19(2)15-27(25)35(40)43/h5-6,8-13,16-17,19,21,25,27H,7,14-15H2,1-4H3. The zero-order chi connectivity index (χ0) is 32.2. The van der Waals surface area contributed by atoms with Gasteiger partial charge in [0.25, 0.3) is 0 Å². The first-order chi connectivity index (χ1) is 21.4. The van der Waals surface area contributed by atoms with Crippen LogP contribution in [0.4, 0.5) is 5.69 Å². The fraction of sp³-hybridized carbons (Fsp3) is 0.306. The molecule has 4 unspecified atom stereocenters. The second-order valence-corrected chi connectivity index (χ2v) is 13.4. The van der Waals surface area contributed by atoms with Crippen LogP contribution in [-0.2, 0) is 14.3 Å². The van der Waals surface area contributed by atoms with Crippen molar-refractivity contribution in [2.45, 2.75) is 53.1 Å². The number of nitrogens with zero attached hydrogens (tertiary/aromatic N) is 2. The van der Waals surface area contributed by atoms with Gasteiger partial charge in [0.1, 0.15) is 0 Å². The van der Waals surface area contributed by atoms with E-state index in [1.54, 1.807) is 55.5 Å². The maximum absolute atomic E-state index is 13.7. The molecule has 4 aromatic rings. The first-order valence-corrected chi connectivity index (χ1v) is 16.2. The Morgan fingerprint density at radius 2 is 1.64 bits per heavy atom. The number of imide groups is 1. The number of ether oxygens (including phenoxy) is 1. The Morgan fingerprint density at radius 1 is 0.978 bits per heavy atom. The number of Topliss-reactive ketones (excluding diaryl/α,β-unsaturated/α-hetero) is 1. The van der Waals surface area contributed by atoms with Gasteiger partial charge in [0.05, 0.1) is 39.3 Å². The lowest BCUT2D eigenvalue weighted by molar-refractivity contribution is -0.122. The van der Waals surface area contributed by atoms with Crippen LogP contribution in [0.3, 0.4) is 0 Å². The van der Waals surface area contributed by atoms with Crippen LogP contribution in [0, 0.1) is 31.6 Å². The number of aryl methyl sites for hydroxylation is 2. The van der Waals surface area contributed by atoms with Crippen LogP contribution in [0.5, 0.6) is 0 Å². The Balaban J connectivity index is 1.34. The minimum Gasteiger partial charge on any atom is -0.451 e. The van der Waals surface area contributed by atoms with Gasteiger partial charge < -0.3 is 4.74 Å². The molecule has 1 aromatic heterocycles. The average molecular weight is 688 g/mol. The number of hydrogen-bond donors (Lipinski definition) is 0. The summed E-state index contributed by atoms with van der Waals surface area (Å²) in [6.07, 6.45) is 1.39.